The summed E-state index contributed by atoms with van der Waals surface area (Å²) in [6.45, 7) is 0. The first-order chi connectivity index (χ1) is 9.33. The highest BCUT2D eigenvalue weighted by Gasteiger charge is 2.07. The van der Waals surface area contributed by atoms with E-state index in [9.17, 15) is 0 Å². The molecule has 2 aromatic carbocycles. The van der Waals surface area contributed by atoms with Gasteiger partial charge in [0.15, 0.2) is 0 Å². The average molecular weight is 250 g/mol. The van der Waals surface area contributed by atoms with Crippen LogP contribution in [0.15, 0.2) is 60.9 Å². The predicted octanol–water partition coefficient (Wildman–Crippen LogP) is 2.44. The summed E-state index contributed by atoms with van der Waals surface area (Å²) in [5, 5.41) is 8.19. The lowest BCUT2D eigenvalue weighted by atomic mass is 10.1. The maximum atomic E-state index is 5.79. The molecule has 0 spiro atoms. The highest BCUT2D eigenvalue weighted by Crippen LogP contribution is 2.14. The molecule has 3 rings (SSSR count). The van der Waals surface area contributed by atoms with E-state index in [0.717, 1.165) is 22.8 Å². The molecule has 1 heterocycles. The Labute approximate surface area is 111 Å². The van der Waals surface area contributed by atoms with Crippen LogP contribution >= 0.6 is 0 Å². The van der Waals surface area contributed by atoms with Crippen LogP contribution in [0.3, 0.4) is 0 Å². The first-order valence-electron chi connectivity index (χ1n) is 6.12. The first kappa shape index (κ1) is 11.5. The largest absolute Gasteiger partial charge is 0.399 e. The molecular formula is C15H14N4. The van der Waals surface area contributed by atoms with Crippen molar-refractivity contribution in [1.29, 1.82) is 0 Å². The molecule has 0 saturated heterocycles. The van der Waals surface area contributed by atoms with Crippen molar-refractivity contribution in [2.24, 2.45) is 0 Å². The number of nitrogens with zero attached hydrogens (tertiary/aromatic N) is 3. The van der Waals surface area contributed by atoms with Gasteiger partial charge in [0.2, 0.25) is 0 Å². The number of anilines is 1. The van der Waals surface area contributed by atoms with Crippen molar-refractivity contribution >= 4 is 5.69 Å². The molecule has 0 fully saturated rings. The summed E-state index contributed by atoms with van der Waals surface area (Å²) in [6, 6.07) is 17.9. The second-order valence-corrected chi connectivity index (χ2v) is 4.37. The molecule has 0 radical (unpaired) electrons. The van der Waals surface area contributed by atoms with Crippen LogP contribution in [0.5, 0.6) is 0 Å². The van der Waals surface area contributed by atoms with Gasteiger partial charge in [-0.2, -0.15) is 0 Å². The van der Waals surface area contributed by atoms with Crippen LogP contribution in [0.4, 0.5) is 5.69 Å². The van der Waals surface area contributed by atoms with Gasteiger partial charge in [0.05, 0.1) is 0 Å². The predicted molar refractivity (Wildman–Crippen MR) is 75.0 cm³/mol. The van der Waals surface area contributed by atoms with E-state index >= 15 is 0 Å². The third-order valence-electron chi connectivity index (χ3n) is 2.97. The molecule has 0 unspecified atom stereocenters. The van der Waals surface area contributed by atoms with Crippen LogP contribution in [0, 0.1) is 0 Å². The number of benzene rings is 2. The molecule has 0 atom stereocenters. The van der Waals surface area contributed by atoms with Gasteiger partial charge in [-0.15, -0.1) is 10.2 Å². The van der Waals surface area contributed by atoms with Gasteiger partial charge in [-0.05, 0) is 29.8 Å². The van der Waals surface area contributed by atoms with Crippen molar-refractivity contribution in [2.45, 2.75) is 6.42 Å². The quantitative estimate of drug-likeness (QED) is 0.726. The number of nitrogen functional groups attached to an aromatic ring is 1. The molecular weight excluding hydrogens is 236 g/mol. The molecule has 0 aliphatic heterocycles. The van der Waals surface area contributed by atoms with Crippen molar-refractivity contribution < 1.29 is 0 Å². The maximum absolute atomic E-state index is 5.79. The molecule has 3 aromatic rings. The first-order valence-corrected chi connectivity index (χ1v) is 6.12. The van der Waals surface area contributed by atoms with E-state index in [1.54, 1.807) is 6.33 Å². The lowest BCUT2D eigenvalue weighted by Gasteiger charge is -2.06. The monoisotopic (exact) mass is 250 g/mol. The smallest absolute Gasteiger partial charge is 0.141 e. The van der Waals surface area contributed by atoms with E-state index in [1.807, 2.05) is 59.2 Å². The molecule has 19 heavy (non-hydrogen) atoms. The van der Waals surface area contributed by atoms with Crippen molar-refractivity contribution in [2.75, 3.05) is 5.73 Å². The normalized spacial score (nSPS) is 10.5. The molecule has 4 heteroatoms. The van der Waals surface area contributed by atoms with Gasteiger partial charge in [0.1, 0.15) is 12.2 Å². The van der Waals surface area contributed by atoms with Crippen LogP contribution in [0.25, 0.3) is 5.69 Å². The molecule has 0 aliphatic rings. The Bertz CT molecular complexity index is 673. The van der Waals surface area contributed by atoms with Crippen LogP contribution in [0.2, 0.25) is 0 Å². The topological polar surface area (TPSA) is 56.7 Å². The highest BCUT2D eigenvalue weighted by molar-refractivity contribution is 5.42. The Morgan fingerprint density at radius 1 is 1.00 bits per heavy atom. The van der Waals surface area contributed by atoms with Gasteiger partial charge in [-0.25, -0.2) is 0 Å². The standard InChI is InChI=1S/C15H14N4/c16-13-6-4-5-12(9-13)10-15-18-17-11-19(15)14-7-2-1-3-8-14/h1-9,11H,10,16H2. The third-order valence-corrected chi connectivity index (χ3v) is 2.97. The van der Waals surface area contributed by atoms with Gasteiger partial charge < -0.3 is 5.73 Å². The molecule has 0 bridgehead atoms. The Kier molecular flexibility index (Phi) is 2.98. The zero-order valence-electron chi connectivity index (χ0n) is 10.4. The van der Waals surface area contributed by atoms with E-state index in [4.69, 9.17) is 5.73 Å². The van der Waals surface area contributed by atoms with Crippen molar-refractivity contribution in [3.8, 4) is 5.69 Å². The Morgan fingerprint density at radius 2 is 1.84 bits per heavy atom. The zero-order chi connectivity index (χ0) is 13.1. The van der Waals surface area contributed by atoms with Crippen LogP contribution in [-0.4, -0.2) is 14.8 Å². The second-order valence-electron chi connectivity index (χ2n) is 4.37. The minimum atomic E-state index is 0.708. The maximum Gasteiger partial charge on any atom is 0.141 e. The summed E-state index contributed by atoms with van der Waals surface area (Å²) in [6.07, 6.45) is 2.44. The fourth-order valence-corrected chi connectivity index (χ4v) is 2.07. The summed E-state index contributed by atoms with van der Waals surface area (Å²) in [7, 11) is 0. The van der Waals surface area contributed by atoms with E-state index in [1.165, 1.54) is 0 Å². The van der Waals surface area contributed by atoms with Gasteiger partial charge in [0, 0.05) is 17.8 Å². The molecule has 2 N–H and O–H groups in total. The molecule has 0 aliphatic carbocycles. The number of nitrogens with two attached hydrogens (primary N) is 1. The van der Waals surface area contributed by atoms with Crippen molar-refractivity contribution in [1.82, 2.24) is 14.8 Å². The summed E-state index contributed by atoms with van der Waals surface area (Å²) < 4.78 is 1.99. The van der Waals surface area contributed by atoms with E-state index in [-0.39, 0.29) is 0 Å². The molecule has 1 aromatic heterocycles. The Hall–Kier alpha value is -2.62. The van der Waals surface area contributed by atoms with Crippen molar-refractivity contribution in [3.63, 3.8) is 0 Å². The Balaban J connectivity index is 1.93. The van der Waals surface area contributed by atoms with Crippen LogP contribution < -0.4 is 5.73 Å². The molecule has 0 saturated carbocycles. The molecule has 0 amide bonds. The minimum absolute atomic E-state index is 0.708. The number of rotatable bonds is 3. The molecule has 94 valence electrons. The van der Waals surface area contributed by atoms with Gasteiger partial charge in [-0.3, -0.25) is 4.57 Å². The number of para-hydroxylation sites is 1. The number of hydrogen-bond acceptors (Lipinski definition) is 3. The average Bonchev–Trinajstić information content (AvgIpc) is 2.88. The van der Waals surface area contributed by atoms with E-state index in [0.29, 0.717) is 6.42 Å². The highest BCUT2D eigenvalue weighted by atomic mass is 15.3. The minimum Gasteiger partial charge on any atom is -0.399 e. The van der Waals surface area contributed by atoms with Gasteiger partial charge in [0.25, 0.3) is 0 Å². The lowest BCUT2D eigenvalue weighted by Crippen LogP contribution is -2.01. The summed E-state index contributed by atoms with van der Waals surface area (Å²) in [4.78, 5) is 0. The fraction of sp³-hybridized carbons (Fsp3) is 0.0667. The van der Waals surface area contributed by atoms with Gasteiger partial charge in [-0.1, -0.05) is 30.3 Å². The fourth-order valence-electron chi connectivity index (χ4n) is 2.07. The van der Waals surface area contributed by atoms with Gasteiger partial charge >= 0.3 is 0 Å². The van der Waals surface area contributed by atoms with E-state index < -0.39 is 0 Å². The lowest BCUT2D eigenvalue weighted by molar-refractivity contribution is 0.906. The summed E-state index contributed by atoms with van der Waals surface area (Å²) in [5.74, 6) is 0.900. The summed E-state index contributed by atoms with van der Waals surface area (Å²) in [5.41, 5.74) is 8.75. The third kappa shape index (κ3) is 2.47. The van der Waals surface area contributed by atoms with Crippen LogP contribution in [-0.2, 0) is 6.42 Å². The van der Waals surface area contributed by atoms with E-state index in [2.05, 4.69) is 10.2 Å². The summed E-state index contributed by atoms with van der Waals surface area (Å²) >= 11 is 0. The number of hydrogen-bond donors (Lipinski definition) is 1. The Morgan fingerprint density at radius 3 is 2.63 bits per heavy atom. The SMILES string of the molecule is Nc1cccc(Cc2nncn2-c2ccccc2)c1. The molecule has 4 nitrogen and oxygen atoms in total. The second kappa shape index (κ2) is 4.94. The van der Waals surface area contributed by atoms with Crippen molar-refractivity contribution in [3.05, 3.63) is 72.3 Å². The zero-order valence-corrected chi connectivity index (χ0v) is 10.4. The van der Waals surface area contributed by atoms with Crippen LogP contribution in [0.1, 0.15) is 11.4 Å². The number of aromatic nitrogens is 3.